The second kappa shape index (κ2) is 5.85. The van der Waals surface area contributed by atoms with Crippen molar-refractivity contribution in [2.45, 2.75) is 19.4 Å². The van der Waals surface area contributed by atoms with E-state index >= 15 is 0 Å². The van der Waals surface area contributed by atoms with Crippen LogP contribution < -0.4 is 11.1 Å². The van der Waals surface area contributed by atoms with E-state index in [0.717, 1.165) is 0 Å². The topological polar surface area (TPSA) is 55.1 Å². The molecule has 4 heteroatoms. The van der Waals surface area contributed by atoms with Crippen molar-refractivity contribution in [1.82, 2.24) is 5.32 Å². The number of carbonyl (C=O) groups is 1. The lowest BCUT2D eigenvalue weighted by atomic mass is 10.2. The molecule has 1 atom stereocenters. The van der Waals surface area contributed by atoms with Gasteiger partial charge in [-0.3, -0.25) is 4.79 Å². The first-order chi connectivity index (χ1) is 3.66. The first-order valence-electron chi connectivity index (χ1n) is 2.63. The normalized spacial score (nSPS) is 11.4. The summed E-state index contributed by atoms with van der Waals surface area (Å²) in [5, 5.41) is 2.48. The van der Waals surface area contributed by atoms with E-state index in [1.807, 2.05) is 0 Å². The highest BCUT2D eigenvalue weighted by Crippen LogP contribution is 1.82. The van der Waals surface area contributed by atoms with Gasteiger partial charge in [-0.15, -0.1) is 12.4 Å². The number of amides is 1. The summed E-state index contributed by atoms with van der Waals surface area (Å²) in [6.45, 7) is 1.80. The van der Waals surface area contributed by atoms with Gasteiger partial charge < -0.3 is 11.1 Å². The van der Waals surface area contributed by atoms with Gasteiger partial charge in [-0.25, -0.2) is 0 Å². The maximum atomic E-state index is 10.4. The Morgan fingerprint density at radius 2 is 2.22 bits per heavy atom. The quantitative estimate of drug-likeness (QED) is 0.580. The molecule has 9 heavy (non-hydrogen) atoms. The summed E-state index contributed by atoms with van der Waals surface area (Å²) < 4.78 is 0. The lowest BCUT2D eigenvalue weighted by Crippen LogP contribution is -2.26. The number of halogens is 1. The molecule has 56 valence electrons. The molecule has 0 aliphatic heterocycles. The molecule has 0 aromatic rings. The van der Waals surface area contributed by atoms with Crippen LogP contribution in [0.4, 0.5) is 0 Å². The largest absolute Gasteiger partial charge is 0.359 e. The van der Waals surface area contributed by atoms with Crippen molar-refractivity contribution < 1.29 is 4.79 Å². The molecule has 3 N–H and O–H groups in total. The second-order valence-electron chi connectivity index (χ2n) is 1.85. The van der Waals surface area contributed by atoms with Gasteiger partial charge in [0.15, 0.2) is 0 Å². The van der Waals surface area contributed by atoms with Gasteiger partial charge in [0.2, 0.25) is 5.91 Å². The molecular weight excluding hydrogens is 140 g/mol. The summed E-state index contributed by atoms with van der Waals surface area (Å²) >= 11 is 0. The molecule has 3 nitrogen and oxygen atoms in total. The number of nitrogens with one attached hydrogen (secondary N) is 1. The SMILES string of the molecule is CNC(=O)CC(C)N.Cl. The van der Waals surface area contributed by atoms with Crippen molar-refractivity contribution in [3.8, 4) is 0 Å². The Kier molecular flexibility index (Phi) is 7.48. The molecule has 0 aromatic carbocycles. The molecule has 0 bridgehead atoms. The first kappa shape index (κ1) is 11.5. The van der Waals surface area contributed by atoms with E-state index in [9.17, 15) is 4.79 Å². The zero-order valence-corrected chi connectivity index (χ0v) is 6.49. The lowest BCUT2D eigenvalue weighted by molar-refractivity contribution is -0.120. The number of hydrogen-bond acceptors (Lipinski definition) is 2. The zero-order valence-electron chi connectivity index (χ0n) is 5.68. The van der Waals surface area contributed by atoms with Gasteiger partial charge in [-0.1, -0.05) is 0 Å². The van der Waals surface area contributed by atoms with Crippen molar-refractivity contribution in [2.75, 3.05) is 7.05 Å². The Hall–Kier alpha value is -0.280. The third-order valence-electron chi connectivity index (χ3n) is 0.786. The summed E-state index contributed by atoms with van der Waals surface area (Å²) in [5.74, 6) is 0.000000000000000222. The maximum Gasteiger partial charge on any atom is 0.221 e. The van der Waals surface area contributed by atoms with E-state index < -0.39 is 0 Å². The Morgan fingerprint density at radius 1 is 1.78 bits per heavy atom. The van der Waals surface area contributed by atoms with Crippen molar-refractivity contribution >= 4 is 18.3 Å². The highest BCUT2D eigenvalue weighted by molar-refractivity contribution is 5.85. The van der Waals surface area contributed by atoms with Crippen LogP contribution in [0.1, 0.15) is 13.3 Å². The Labute approximate surface area is 61.4 Å². The van der Waals surface area contributed by atoms with Gasteiger partial charge in [0.1, 0.15) is 0 Å². The van der Waals surface area contributed by atoms with Crippen LogP contribution in [-0.2, 0) is 4.79 Å². The zero-order chi connectivity index (χ0) is 6.57. The van der Waals surface area contributed by atoms with Gasteiger partial charge in [0, 0.05) is 19.5 Å². The van der Waals surface area contributed by atoms with Crippen molar-refractivity contribution in [3.05, 3.63) is 0 Å². The molecular formula is C5H13ClN2O. The van der Waals surface area contributed by atoms with Gasteiger partial charge in [-0.2, -0.15) is 0 Å². The Morgan fingerprint density at radius 3 is 2.33 bits per heavy atom. The van der Waals surface area contributed by atoms with E-state index in [2.05, 4.69) is 5.32 Å². The molecule has 0 saturated heterocycles. The number of carbonyl (C=O) groups excluding carboxylic acids is 1. The standard InChI is InChI=1S/C5H12N2O.ClH/c1-4(6)3-5(8)7-2;/h4H,3,6H2,1-2H3,(H,7,8);1H. The van der Waals surface area contributed by atoms with Crippen LogP contribution in [0.2, 0.25) is 0 Å². The third kappa shape index (κ3) is 7.72. The number of hydrogen-bond donors (Lipinski definition) is 2. The highest BCUT2D eigenvalue weighted by Gasteiger charge is 1.99. The van der Waals surface area contributed by atoms with Crippen molar-refractivity contribution in [2.24, 2.45) is 5.73 Å². The van der Waals surface area contributed by atoms with E-state index in [1.54, 1.807) is 14.0 Å². The first-order valence-corrected chi connectivity index (χ1v) is 2.63. The minimum atomic E-state index is -0.0325. The van der Waals surface area contributed by atoms with Gasteiger partial charge >= 0.3 is 0 Å². The smallest absolute Gasteiger partial charge is 0.221 e. The van der Waals surface area contributed by atoms with Crippen LogP contribution in [-0.4, -0.2) is 19.0 Å². The van der Waals surface area contributed by atoms with Crippen LogP contribution >= 0.6 is 12.4 Å². The lowest BCUT2D eigenvalue weighted by Gasteiger charge is -2.00. The summed E-state index contributed by atoms with van der Waals surface area (Å²) in [6.07, 6.45) is 0.413. The predicted molar refractivity (Wildman–Crippen MR) is 39.6 cm³/mol. The predicted octanol–water partition coefficient (Wildman–Crippen LogP) is -0.108. The summed E-state index contributed by atoms with van der Waals surface area (Å²) in [5.41, 5.74) is 5.31. The van der Waals surface area contributed by atoms with E-state index in [1.165, 1.54) is 0 Å². The van der Waals surface area contributed by atoms with Gasteiger partial charge in [0.05, 0.1) is 0 Å². The molecule has 0 aliphatic rings. The van der Waals surface area contributed by atoms with Gasteiger partial charge in [0.25, 0.3) is 0 Å². The second-order valence-corrected chi connectivity index (χ2v) is 1.85. The van der Waals surface area contributed by atoms with Crippen molar-refractivity contribution in [3.63, 3.8) is 0 Å². The minimum Gasteiger partial charge on any atom is -0.359 e. The molecule has 0 radical (unpaired) electrons. The molecule has 1 unspecified atom stereocenters. The maximum absolute atomic E-state index is 10.4. The molecule has 0 heterocycles. The summed E-state index contributed by atoms with van der Waals surface area (Å²) in [6, 6.07) is -0.0325. The van der Waals surface area contributed by atoms with Crippen LogP contribution in [0.3, 0.4) is 0 Å². The fourth-order valence-corrected chi connectivity index (χ4v) is 0.394. The molecule has 0 saturated carbocycles. The summed E-state index contributed by atoms with van der Waals surface area (Å²) in [4.78, 5) is 10.4. The Balaban J connectivity index is 0. The average Bonchev–Trinajstić information content (AvgIpc) is 1.65. The number of nitrogens with two attached hydrogens (primary N) is 1. The number of rotatable bonds is 2. The average molecular weight is 153 g/mol. The minimum absolute atomic E-state index is 0. The molecule has 1 amide bonds. The van der Waals surface area contributed by atoms with Crippen LogP contribution in [0.15, 0.2) is 0 Å². The van der Waals surface area contributed by atoms with Crippen LogP contribution in [0.25, 0.3) is 0 Å². The van der Waals surface area contributed by atoms with Crippen LogP contribution in [0, 0.1) is 0 Å². The fourth-order valence-electron chi connectivity index (χ4n) is 0.394. The van der Waals surface area contributed by atoms with E-state index in [4.69, 9.17) is 5.73 Å². The monoisotopic (exact) mass is 152 g/mol. The summed E-state index contributed by atoms with van der Waals surface area (Å²) in [7, 11) is 1.60. The van der Waals surface area contributed by atoms with Crippen molar-refractivity contribution in [1.29, 1.82) is 0 Å². The molecule has 0 rings (SSSR count). The highest BCUT2D eigenvalue weighted by atomic mass is 35.5. The molecule has 0 aromatic heterocycles. The Bertz CT molecular complexity index is 85.0. The fraction of sp³-hybridized carbons (Fsp3) is 0.800. The molecule has 0 aliphatic carbocycles. The molecule has 0 fully saturated rings. The van der Waals surface area contributed by atoms with Gasteiger partial charge in [-0.05, 0) is 6.92 Å². The van der Waals surface area contributed by atoms with E-state index in [0.29, 0.717) is 6.42 Å². The van der Waals surface area contributed by atoms with Crippen LogP contribution in [0.5, 0.6) is 0 Å². The third-order valence-corrected chi connectivity index (χ3v) is 0.786. The van der Waals surface area contributed by atoms with E-state index in [-0.39, 0.29) is 24.4 Å². The molecule has 0 spiro atoms.